The van der Waals surface area contributed by atoms with Crippen LogP contribution in [-0.4, -0.2) is 28.3 Å². The van der Waals surface area contributed by atoms with Crippen molar-refractivity contribution in [3.63, 3.8) is 0 Å². The minimum atomic E-state index is -1.83. The summed E-state index contributed by atoms with van der Waals surface area (Å²) in [5.41, 5.74) is 3.18. The molecule has 1 atom stereocenters. The molecular formula is C6H11NO3. The Balaban J connectivity index is 4.21. The number of carboxylic acid groups (broad SMARTS) is 1. The van der Waals surface area contributed by atoms with Crippen molar-refractivity contribution in [1.82, 2.24) is 0 Å². The summed E-state index contributed by atoms with van der Waals surface area (Å²) in [4.78, 5) is 10.3. The first-order valence-corrected chi connectivity index (χ1v) is 2.83. The number of hydrogen-bond donors (Lipinski definition) is 3. The normalized spacial score (nSPS) is 15.8. The van der Waals surface area contributed by atoms with Gasteiger partial charge in [0.15, 0.2) is 5.60 Å². The van der Waals surface area contributed by atoms with E-state index in [-0.39, 0.29) is 13.0 Å². The van der Waals surface area contributed by atoms with Gasteiger partial charge >= 0.3 is 5.97 Å². The van der Waals surface area contributed by atoms with E-state index < -0.39 is 11.6 Å². The van der Waals surface area contributed by atoms with E-state index in [9.17, 15) is 4.79 Å². The van der Waals surface area contributed by atoms with Crippen molar-refractivity contribution in [1.29, 1.82) is 0 Å². The van der Waals surface area contributed by atoms with Crippen LogP contribution in [0.3, 0.4) is 0 Å². The lowest BCUT2D eigenvalue weighted by Crippen LogP contribution is -2.45. The molecule has 0 amide bonds. The Bertz CT molecular complexity index is 146. The molecule has 0 fully saturated rings. The summed E-state index contributed by atoms with van der Waals surface area (Å²) in [6, 6.07) is 0. The lowest BCUT2D eigenvalue weighted by atomic mass is 10.0. The van der Waals surface area contributed by atoms with Crippen molar-refractivity contribution in [2.45, 2.75) is 12.0 Å². The predicted molar refractivity (Wildman–Crippen MR) is 36.5 cm³/mol. The first-order valence-electron chi connectivity index (χ1n) is 2.83. The largest absolute Gasteiger partial charge is 0.479 e. The molecule has 0 heterocycles. The van der Waals surface area contributed by atoms with Gasteiger partial charge in [-0.25, -0.2) is 4.79 Å². The van der Waals surface area contributed by atoms with E-state index >= 15 is 0 Å². The molecule has 0 aliphatic rings. The van der Waals surface area contributed by atoms with Gasteiger partial charge in [0.2, 0.25) is 0 Å². The van der Waals surface area contributed by atoms with Crippen LogP contribution >= 0.6 is 0 Å². The first-order chi connectivity index (χ1) is 4.56. The van der Waals surface area contributed by atoms with E-state index in [0.29, 0.717) is 0 Å². The Kier molecular flexibility index (Phi) is 3.05. The Hall–Kier alpha value is -0.870. The summed E-state index contributed by atoms with van der Waals surface area (Å²) >= 11 is 0. The lowest BCUT2D eigenvalue weighted by Gasteiger charge is -2.18. The second-order valence-corrected chi connectivity index (χ2v) is 2.03. The number of carboxylic acids is 1. The van der Waals surface area contributed by atoms with E-state index in [1.54, 1.807) is 0 Å². The lowest BCUT2D eigenvalue weighted by molar-refractivity contribution is -0.156. The number of nitrogens with two attached hydrogens (primary N) is 1. The molecule has 0 unspecified atom stereocenters. The van der Waals surface area contributed by atoms with Gasteiger partial charge in [0.25, 0.3) is 0 Å². The SMILES string of the molecule is C=CC[C@](O)(CN)C(=O)O. The maximum atomic E-state index is 10.3. The molecule has 4 N–H and O–H groups in total. The number of aliphatic carboxylic acids is 1. The van der Waals surface area contributed by atoms with Crippen molar-refractivity contribution in [2.24, 2.45) is 5.73 Å². The molecule has 0 rings (SSSR count). The van der Waals surface area contributed by atoms with E-state index in [0.717, 1.165) is 0 Å². The third-order valence-corrected chi connectivity index (χ3v) is 1.22. The molecule has 0 aromatic carbocycles. The average molecular weight is 145 g/mol. The van der Waals surface area contributed by atoms with Crippen molar-refractivity contribution in [3.05, 3.63) is 12.7 Å². The molecule has 0 aromatic heterocycles. The number of carbonyl (C=O) groups is 1. The molecule has 0 spiro atoms. The molecule has 10 heavy (non-hydrogen) atoms. The van der Waals surface area contributed by atoms with Crippen molar-refractivity contribution >= 4 is 5.97 Å². The molecule has 0 radical (unpaired) electrons. The summed E-state index contributed by atoms with van der Waals surface area (Å²) in [6.45, 7) is 3.00. The van der Waals surface area contributed by atoms with Crippen LogP contribution in [0.2, 0.25) is 0 Å². The fourth-order valence-corrected chi connectivity index (χ4v) is 0.497. The highest BCUT2D eigenvalue weighted by Gasteiger charge is 2.32. The molecule has 0 bridgehead atoms. The predicted octanol–water partition coefficient (Wildman–Crippen LogP) is -0.663. The average Bonchev–Trinajstić information content (AvgIpc) is 1.88. The zero-order chi connectivity index (χ0) is 8.20. The van der Waals surface area contributed by atoms with E-state index in [4.69, 9.17) is 15.9 Å². The second-order valence-electron chi connectivity index (χ2n) is 2.03. The Morgan fingerprint density at radius 1 is 1.80 bits per heavy atom. The summed E-state index contributed by atoms with van der Waals surface area (Å²) in [7, 11) is 0. The van der Waals surface area contributed by atoms with Crippen LogP contribution in [0.25, 0.3) is 0 Å². The third kappa shape index (κ3) is 1.82. The smallest absolute Gasteiger partial charge is 0.337 e. The minimum absolute atomic E-state index is 0.0289. The molecular weight excluding hydrogens is 134 g/mol. The monoisotopic (exact) mass is 145 g/mol. The van der Waals surface area contributed by atoms with Gasteiger partial charge in [-0.2, -0.15) is 0 Å². The van der Waals surface area contributed by atoms with Crippen LogP contribution < -0.4 is 5.73 Å². The molecule has 0 aliphatic heterocycles. The maximum absolute atomic E-state index is 10.3. The van der Waals surface area contributed by atoms with Crippen LogP contribution in [0, 0.1) is 0 Å². The molecule has 0 saturated carbocycles. The van der Waals surface area contributed by atoms with Crippen LogP contribution in [0.4, 0.5) is 0 Å². The molecule has 4 heteroatoms. The molecule has 0 aliphatic carbocycles. The summed E-state index contributed by atoms with van der Waals surface area (Å²) in [6.07, 6.45) is 1.29. The summed E-state index contributed by atoms with van der Waals surface area (Å²) in [5, 5.41) is 17.5. The van der Waals surface area contributed by atoms with Crippen LogP contribution in [0.5, 0.6) is 0 Å². The Labute approximate surface area is 59.0 Å². The van der Waals surface area contributed by atoms with Gasteiger partial charge in [-0.15, -0.1) is 6.58 Å². The highest BCUT2D eigenvalue weighted by molar-refractivity contribution is 5.77. The summed E-state index contributed by atoms with van der Waals surface area (Å²) < 4.78 is 0. The number of hydrogen-bond acceptors (Lipinski definition) is 3. The Morgan fingerprint density at radius 2 is 2.30 bits per heavy atom. The van der Waals surface area contributed by atoms with Crippen molar-refractivity contribution in [2.75, 3.05) is 6.54 Å². The van der Waals surface area contributed by atoms with Gasteiger partial charge in [-0.1, -0.05) is 6.08 Å². The standard InChI is InChI=1S/C6H11NO3/c1-2-3-6(10,4-7)5(8)9/h2,10H,1,3-4,7H2,(H,8,9)/t6-/m0/s1. The number of aliphatic hydroxyl groups is 1. The van der Waals surface area contributed by atoms with E-state index in [2.05, 4.69) is 6.58 Å². The third-order valence-electron chi connectivity index (χ3n) is 1.22. The van der Waals surface area contributed by atoms with Crippen LogP contribution in [0.1, 0.15) is 6.42 Å². The van der Waals surface area contributed by atoms with Gasteiger partial charge in [-0.05, 0) is 0 Å². The summed E-state index contributed by atoms with van der Waals surface area (Å²) in [5.74, 6) is -1.31. The van der Waals surface area contributed by atoms with Crippen molar-refractivity contribution in [3.8, 4) is 0 Å². The highest BCUT2D eigenvalue weighted by Crippen LogP contribution is 2.08. The molecule has 4 nitrogen and oxygen atoms in total. The van der Waals surface area contributed by atoms with Crippen LogP contribution in [0.15, 0.2) is 12.7 Å². The van der Waals surface area contributed by atoms with Gasteiger partial charge in [0.05, 0.1) is 0 Å². The fraction of sp³-hybridized carbons (Fsp3) is 0.500. The first kappa shape index (κ1) is 9.13. The maximum Gasteiger partial charge on any atom is 0.337 e. The second kappa shape index (κ2) is 3.34. The topological polar surface area (TPSA) is 83.5 Å². The van der Waals surface area contributed by atoms with Gasteiger partial charge in [0, 0.05) is 13.0 Å². The fourth-order valence-electron chi connectivity index (χ4n) is 0.497. The zero-order valence-electron chi connectivity index (χ0n) is 5.58. The highest BCUT2D eigenvalue weighted by atomic mass is 16.4. The van der Waals surface area contributed by atoms with Crippen molar-refractivity contribution < 1.29 is 15.0 Å². The molecule has 0 aromatic rings. The quantitative estimate of drug-likeness (QED) is 0.458. The number of rotatable bonds is 4. The van der Waals surface area contributed by atoms with Gasteiger partial charge in [0.1, 0.15) is 0 Å². The van der Waals surface area contributed by atoms with Crippen LogP contribution in [-0.2, 0) is 4.79 Å². The Morgan fingerprint density at radius 3 is 2.40 bits per heavy atom. The zero-order valence-corrected chi connectivity index (χ0v) is 5.58. The molecule has 0 saturated heterocycles. The minimum Gasteiger partial charge on any atom is -0.479 e. The van der Waals surface area contributed by atoms with Gasteiger partial charge in [-0.3, -0.25) is 0 Å². The van der Waals surface area contributed by atoms with E-state index in [1.165, 1.54) is 6.08 Å². The molecule has 58 valence electrons. The van der Waals surface area contributed by atoms with Gasteiger partial charge < -0.3 is 15.9 Å². The van der Waals surface area contributed by atoms with E-state index in [1.807, 2.05) is 0 Å².